The highest BCUT2D eigenvalue weighted by molar-refractivity contribution is 9.10. The molecule has 1 aromatic carbocycles. The fourth-order valence-electron chi connectivity index (χ4n) is 4.11. The highest BCUT2D eigenvalue weighted by Gasteiger charge is 2.34. The zero-order valence-electron chi connectivity index (χ0n) is 12.2. The molecule has 0 radical (unpaired) electrons. The van der Waals surface area contributed by atoms with E-state index in [0.717, 1.165) is 24.9 Å². The van der Waals surface area contributed by atoms with Crippen molar-refractivity contribution >= 4 is 21.6 Å². The van der Waals surface area contributed by atoms with Crippen LogP contribution in [0.4, 0.5) is 5.69 Å². The predicted octanol–water partition coefficient (Wildman–Crippen LogP) is 4.11. The van der Waals surface area contributed by atoms with Crippen molar-refractivity contribution < 1.29 is 0 Å². The minimum absolute atomic E-state index is 0.728. The molecule has 20 heavy (non-hydrogen) atoms. The molecule has 1 unspecified atom stereocenters. The largest absolute Gasteiger partial charge is 0.368 e. The number of rotatable bonds is 4. The van der Waals surface area contributed by atoms with Crippen molar-refractivity contribution in [1.82, 2.24) is 0 Å². The van der Waals surface area contributed by atoms with E-state index in [0.29, 0.717) is 0 Å². The van der Waals surface area contributed by atoms with E-state index in [4.69, 9.17) is 5.73 Å². The molecule has 1 heterocycles. The second-order valence-electron chi connectivity index (χ2n) is 6.26. The van der Waals surface area contributed by atoms with Crippen LogP contribution in [-0.2, 0) is 6.42 Å². The zero-order valence-corrected chi connectivity index (χ0v) is 13.7. The Morgan fingerprint density at radius 2 is 1.95 bits per heavy atom. The van der Waals surface area contributed by atoms with Crippen LogP contribution in [0.25, 0.3) is 0 Å². The average Bonchev–Trinajstić information content (AvgIpc) is 3.10. The van der Waals surface area contributed by atoms with Gasteiger partial charge in [0, 0.05) is 22.7 Å². The van der Waals surface area contributed by atoms with E-state index >= 15 is 0 Å². The highest BCUT2D eigenvalue weighted by Crippen LogP contribution is 2.39. The third-order valence-corrected chi connectivity index (χ3v) is 5.50. The van der Waals surface area contributed by atoms with Gasteiger partial charge >= 0.3 is 0 Å². The molecule has 1 aromatic rings. The monoisotopic (exact) mass is 336 g/mol. The maximum atomic E-state index is 5.80. The van der Waals surface area contributed by atoms with Gasteiger partial charge in [0.15, 0.2) is 0 Å². The van der Waals surface area contributed by atoms with Crippen LogP contribution >= 0.6 is 15.9 Å². The summed E-state index contributed by atoms with van der Waals surface area (Å²) < 4.78 is 1.17. The second kappa shape index (κ2) is 6.48. The van der Waals surface area contributed by atoms with E-state index in [-0.39, 0.29) is 0 Å². The molecule has 1 saturated carbocycles. The molecule has 110 valence electrons. The van der Waals surface area contributed by atoms with Crippen molar-refractivity contribution in [3.05, 3.63) is 28.2 Å². The van der Waals surface area contributed by atoms with Gasteiger partial charge < -0.3 is 10.6 Å². The summed E-state index contributed by atoms with van der Waals surface area (Å²) in [5.74, 6) is 0.923. The minimum Gasteiger partial charge on any atom is -0.368 e. The molecule has 1 aliphatic heterocycles. The molecule has 3 heteroatoms. The predicted molar refractivity (Wildman–Crippen MR) is 89.2 cm³/mol. The Balaban J connectivity index is 1.86. The number of hydrogen-bond acceptors (Lipinski definition) is 2. The minimum atomic E-state index is 0.728. The molecular weight excluding hydrogens is 312 g/mol. The zero-order chi connectivity index (χ0) is 13.9. The molecule has 1 atom stereocenters. The van der Waals surface area contributed by atoms with Gasteiger partial charge in [0.1, 0.15) is 0 Å². The van der Waals surface area contributed by atoms with Crippen LogP contribution in [0, 0.1) is 5.92 Å². The van der Waals surface area contributed by atoms with E-state index in [1.807, 2.05) is 0 Å². The van der Waals surface area contributed by atoms with Gasteiger partial charge in [0.2, 0.25) is 0 Å². The number of benzene rings is 1. The number of halogens is 1. The number of nitrogens with two attached hydrogens (primary N) is 1. The highest BCUT2D eigenvalue weighted by atomic mass is 79.9. The number of anilines is 1. The maximum Gasteiger partial charge on any atom is 0.0402 e. The summed E-state index contributed by atoms with van der Waals surface area (Å²) in [5, 5.41) is 0. The molecular formula is C17H25BrN2. The van der Waals surface area contributed by atoms with E-state index in [2.05, 4.69) is 39.0 Å². The first-order valence-electron chi connectivity index (χ1n) is 8.04. The SMILES string of the molecule is NCCc1cc(Br)ccc1N1CCCC1C1CCCC1. The molecule has 2 fully saturated rings. The van der Waals surface area contributed by atoms with Crippen LogP contribution in [-0.4, -0.2) is 19.1 Å². The van der Waals surface area contributed by atoms with Crippen LogP contribution < -0.4 is 10.6 Å². The first kappa shape index (κ1) is 14.4. The normalized spacial score (nSPS) is 23.7. The Morgan fingerprint density at radius 1 is 1.15 bits per heavy atom. The first-order chi connectivity index (χ1) is 9.79. The van der Waals surface area contributed by atoms with Gasteiger partial charge in [0.05, 0.1) is 0 Å². The summed E-state index contributed by atoms with van der Waals surface area (Å²) in [7, 11) is 0. The summed E-state index contributed by atoms with van der Waals surface area (Å²) in [6.07, 6.45) is 9.44. The number of hydrogen-bond donors (Lipinski definition) is 1. The van der Waals surface area contributed by atoms with Crippen molar-refractivity contribution in [2.24, 2.45) is 11.7 Å². The third kappa shape index (κ3) is 2.89. The quantitative estimate of drug-likeness (QED) is 0.896. The van der Waals surface area contributed by atoms with Crippen LogP contribution in [0.15, 0.2) is 22.7 Å². The fraction of sp³-hybridized carbons (Fsp3) is 0.647. The van der Waals surface area contributed by atoms with Gasteiger partial charge in [0.25, 0.3) is 0 Å². The molecule has 0 amide bonds. The van der Waals surface area contributed by atoms with Crippen LogP contribution in [0.2, 0.25) is 0 Å². The first-order valence-corrected chi connectivity index (χ1v) is 8.84. The van der Waals surface area contributed by atoms with Crippen LogP contribution in [0.3, 0.4) is 0 Å². The molecule has 2 N–H and O–H groups in total. The number of nitrogens with zero attached hydrogens (tertiary/aromatic N) is 1. The standard InChI is InChI=1S/C17H25BrN2/c18-15-7-8-17(14(12-15)9-10-19)20-11-3-6-16(20)13-4-1-2-5-13/h7-8,12-13,16H,1-6,9-11,19H2. The van der Waals surface area contributed by atoms with E-state index in [9.17, 15) is 0 Å². The Kier molecular flexibility index (Phi) is 4.67. The summed E-state index contributed by atoms with van der Waals surface area (Å²) in [6, 6.07) is 7.50. The van der Waals surface area contributed by atoms with Gasteiger partial charge in [-0.25, -0.2) is 0 Å². The van der Waals surface area contributed by atoms with Crippen molar-refractivity contribution in [2.45, 2.75) is 51.0 Å². The molecule has 0 spiro atoms. The third-order valence-electron chi connectivity index (χ3n) is 5.01. The topological polar surface area (TPSA) is 29.3 Å². The average molecular weight is 337 g/mol. The molecule has 1 saturated heterocycles. The summed E-state index contributed by atoms with van der Waals surface area (Å²) in [5.41, 5.74) is 8.65. The van der Waals surface area contributed by atoms with Gasteiger partial charge in [-0.05, 0) is 68.3 Å². The lowest BCUT2D eigenvalue weighted by atomic mass is 9.95. The molecule has 2 nitrogen and oxygen atoms in total. The van der Waals surface area contributed by atoms with Crippen molar-refractivity contribution in [1.29, 1.82) is 0 Å². The van der Waals surface area contributed by atoms with Crippen molar-refractivity contribution in [3.63, 3.8) is 0 Å². The van der Waals surface area contributed by atoms with E-state index in [1.54, 1.807) is 0 Å². The molecule has 2 aliphatic rings. The van der Waals surface area contributed by atoms with Gasteiger partial charge in [-0.3, -0.25) is 0 Å². The molecule has 0 aromatic heterocycles. The molecule has 0 bridgehead atoms. The van der Waals surface area contributed by atoms with Crippen LogP contribution in [0.5, 0.6) is 0 Å². The second-order valence-corrected chi connectivity index (χ2v) is 7.17. The fourth-order valence-corrected chi connectivity index (χ4v) is 4.52. The van der Waals surface area contributed by atoms with Gasteiger partial charge in [-0.1, -0.05) is 28.8 Å². The summed E-state index contributed by atoms with van der Waals surface area (Å²) in [6.45, 7) is 1.95. The smallest absolute Gasteiger partial charge is 0.0402 e. The van der Waals surface area contributed by atoms with Crippen molar-refractivity contribution in [3.8, 4) is 0 Å². The molecule has 3 rings (SSSR count). The lowest BCUT2D eigenvalue weighted by Gasteiger charge is -2.33. The Morgan fingerprint density at radius 3 is 2.70 bits per heavy atom. The van der Waals surface area contributed by atoms with Crippen molar-refractivity contribution in [2.75, 3.05) is 18.0 Å². The lowest BCUT2D eigenvalue weighted by molar-refractivity contribution is 0.430. The summed E-state index contributed by atoms with van der Waals surface area (Å²) in [4.78, 5) is 2.69. The molecule has 1 aliphatic carbocycles. The van der Waals surface area contributed by atoms with E-state index < -0.39 is 0 Å². The van der Waals surface area contributed by atoms with Crippen LogP contribution in [0.1, 0.15) is 44.1 Å². The lowest BCUT2D eigenvalue weighted by Crippen LogP contribution is -2.35. The maximum absolute atomic E-state index is 5.80. The Hall–Kier alpha value is -0.540. The Bertz CT molecular complexity index is 454. The van der Waals surface area contributed by atoms with E-state index in [1.165, 1.54) is 60.8 Å². The summed E-state index contributed by atoms with van der Waals surface area (Å²) >= 11 is 3.60. The van der Waals surface area contributed by atoms with Gasteiger partial charge in [-0.2, -0.15) is 0 Å². The Labute approximate surface area is 130 Å². The van der Waals surface area contributed by atoms with Gasteiger partial charge in [-0.15, -0.1) is 0 Å².